The smallest absolute Gasteiger partial charge is 0.163 e. The quantitative estimate of drug-likeness (QED) is 0.174. The Labute approximate surface area is 359 Å². The molecule has 0 radical (unpaired) electrons. The van der Waals surface area contributed by atoms with Gasteiger partial charge in [-0.15, -0.1) is 0 Å². The summed E-state index contributed by atoms with van der Waals surface area (Å²) in [5, 5.41) is 6.88. The van der Waals surface area contributed by atoms with Crippen molar-refractivity contribution in [2.45, 2.75) is 51.4 Å². The van der Waals surface area contributed by atoms with Gasteiger partial charge in [-0.2, -0.15) is 0 Å². The fourth-order valence-corrected chi connectivity index (χ4v) is 12.0. The van der Waals surface area contributed by atoms with Gasteiger partial charge < -0.3 is 13.6 Å². The zero-order chi connectivity index (χ0) is 41.1. The van der Waals surface area contributed by atoms with Crippen LogP contribution >= 0.6 is 0 Å². The molecule has 2 aliphatic carbocycles. The van der Waals surface area contributed by atoms with Crippen LogP contribution in [-0.2, 0) is 5.41 Å². The van der Waals surface area contributed by atoms with Crippen molar-refractivity contribution in [3.8, 4) is 34.2 Å². The van der Waals surface area contributed by atoms with Crippen molar-refractivity contribution in [3.63, 3.8) is 0 Å². The lowest BCUT2D eigenvalue weighted by molar-refractivity contribution is 0.0857. The molecule has 2 saturated carbocycles. The average molecular weight is 804 g/mol. The maximum absolute atomic E-state index is 7.03. The highest BCUT2D eigenvalue weighted by molar-refractivity contribution is 6.39. The maximum atomic E-state index is 7.03. The number of rotatable bonds is 5. The van der Waals surface area contributed by atoms with Gasteiger partial charge in [0.1, 0.15) is 17.0 Å². The molecule has 2 atom stereocenters. The zero-order valence-electron chi connectivity index (χ0n) is 34.9. The first-order valence-electron chi connectivity index (χ1n) is 22.3. The van der Waals surface area contributed by atoms with Crippen LogP contribution in [0.4, 0.5) is 0 Å². The van der Waals surface area contributed by atoms with Crippen molar-refractivity contribution in [3.05, 3.63) is 164 Å². The van der Waals surface area contributed by atoms with Gasteiger partial charge in [-0.05, 0) is 92.3 Å². The minimum Gasteiger partial charge on any atom is -0.455 e. The summed E-state index contributed by atoms with van der Waals surface area (Å²) in [6, 6.07) is 56.1. The van der Waals surface area contributed by atoms with Gasteiger partial charge in [0.05, 0.1) is 32.8 Å². The van der Waals surface area contributed by atoms with E-state index in [1.54, 1.807) is 0 Å². The lowest BCUT2D eigenvalue weighted by Crippen LogP contribution is -2.40. The summed E-state index contributed by atoms with van der Waals surface area (Å²) in [4.78, 5) is 16.1. The molecule has 2 unspecified atom stereocenters. The van der Waals surface area contributed by atoms with Crippen LogP contribution in [0.1, 0.15) is 51.8 Å². The molecule has 0 N–H and O–H groups in total. The molecule has 0 spiro atoms. The third kappa shape index (κ3) is 5.32. The van der Waals surface area contributed by atoms with Gasteiger partial charge >= 0.3 is 0 Å². The Kier molecular flexibility index (Phi) is 7.75. The number of furan rings is 1. The molecule has 4 heterocycles. The molecule has 62 heavy (non-hydrogen) atoms. The summed E-state index contributed by atoms with van der Waals surface area (Å²) in [5.41, 5.74) is 10.3. The number of hydrogen-bond acceptors (Lipinski definition) is 4. The Bertz CT molecular complexity index is 3540. The molecule has 4 aromatic heterocycles. The van der Waals surface area contributed by atoms with Crippen molar-refractivity contribution in [2.75, 3.05) is 0 Å². The van der Waals surface area contributed by atoms with Gasteiger partial charge in [-0.3, -0.25) is 0 Å². The van der Waals surface area contributed by atoms with Crippen molar-refractivity contribution < 1.29 is 4.42 Å². The topological polar surface area (TPSA) is 61.7 Å². The highest BCUT2D eigenvalue weighted by Crippen LogP contribution is 2.52. The summed E-state index contributed by atoms with van der Waals surface area (Å²) in [6.45, 7) is 4.85. The standard InChI is InChI=1S/C56H45N5O/c1-34-28-35-30-36(29-34)33-56(2,32-35)55-58-53(37-16-5-3-6-17-37)57-54(59-55)38-18-15-21-40(31-38)61-44-25-12-9-22-41(44)47-50-48(52-49(51(47)61)43-24-11-14-27-46(43)62-52)42-23-10-13-26-45(42)60(50)39-19-7-4-8-20-39/h3-27,31,34-36H,28-30,32-33H2,1-2H3. The van der Waals surface area contributed by atoms with Crippen LogP contribution < -0.4 is 0 Å². The fourth-order valence-electron chi connectivity index (χ4n) is 12.0. The van der Waals surface area contributed by atoms with Crippen LogP contribution in [0.15, 0.2) is 162 Å². The molecule has 0 amide bonds. The van der Waals surface area contributed by atoms with E-state index >= 15 is 0 Å². The molecule has 13 rings (SSSR count). The lowest BCUT2D eigenvalue weighted by atomic mass is 9.59. The Morgan fingerprint density at radius 2 is 1.05 bits per heavy atom. The fraction of sp³-hybridized carbons (Fsp3) is 0.196. The van der Waals surface area contributed by atoms with Crippen LogP contribution in [0, 0.1) is 17.8 Å². The summed E-state index contributed by atoms with van der Waals surface area (Å²) >= 11 is 0. The number of benzene rings is 7. The Morgan fingerprint density at radius 1 is 0.516 bits per heavy atom. The highest BCUT2D eigenvalue weighted by Gasteiger charge is 2.44. The van der Waals surface area contributed by atoms with E-state index in [4.69, 9.17) is 19.4 Å². The monoisotopic (exact) mass is 803 g/mol. The summed E-state index contributed by atoms with van der Waals surface area (Å²) in [7, 11) is 0. The van der Waals surface area contributed by atoms with Crippen molar-refractivity contribution in [1.29, 1.82) is 0 Å². The van der Waals surface area contributed by atoms with Crippen LogP contribution in [0.3, 0.4) is 0 Å². The molecular weight excluding hydrogens is 759 g/mol. The van der Waals surface area contributed by atoms with E-state index in [1.165, 1.54) is 35.4 Å². The second-order valence-electron chi connectivity index (χ2n) is 18.5. The van der Waals surface area contributed by atoms with Gasteiger partial charge in [0.15, 0.2) is 11.6 Å². The van der Waals surface area contributed by atoms with Gasteiger partial charge in [-0.25, -0.2) is 15.0 Å². The highest BCUT2D eigenvalue weighted by atomic mass is 16.3. The minimum absolute atomic E-state index is 0.115. The number of hydrogen-bond donors (Lipinski definition) is 0. The van der Waals surface area contributed by atoms with Crippen molar-refractivity contribution >= 4 is 65.6 Å². The SMILES string of the molecule is CC1CC2CC(C1)CC(C)(c1nc(-c3ccccc3)nc(-c3cccc(-n4c5ccccc5c5c6c(c7ccccc7n6-c6ccccc6)c6oc7ccccc7c6c54)c3)n1)C2. The average Bonchev–Trinajstić information content (AvgIpc) is 3.97. The molecule has 2 bridgehead atoms. The molecule has 6 nitrogen and oxygen atoms in total. The lowest BCUT2D eigenvalue weighted by Gasteiger charge is -2.46. The molecule has 7 aromatic carbocycles. The van der Waals surface area contributed by atoms with Crippen LogP contribution in [0.2, 0.25) is 0 Å². The first-order valence-corrected chi connectivity index (χ1v) is 22.3. The number of para-hydroxylation sites is 4. The maximum Gasteiger partial charge on any atom is 0.163 e. The normalized spacial score (nSPS) is 20.3. The van der Waals surface area contributed by atoms with E-state index in [2.05, 4.69) is 181 Å². The van der Waals surface area contributed by atoms with Gasteiger partial charge in [-0.1, -0.05) is 129 Å². The predicted molar refractivity (Wildman–Crippen MR) is 253 cm³/mol. The van der Waals surface area contributed by atoms with E-state index in [9.17, 15) is 0 Å². The number of aromatic nitrogens is 5. The predicted octanol–water partition coefficient (Wildman–Crippen LogP) is 14.4. The number of fused-ring (bicyclic) bond motifs is 14. The molecule has 2 aliphatic rings. The molecular formula is C56H45N5O. The molecule has 11 aromatic rings. The van der Waals surface area contributed by atoms with E-state index in [-0.39, 0.29) is 5.41 Å². The van der Waals surface area contributed by atoms with Gasteiger partial charge in [0, 0.05) is 49.5 Å². The molecule has 6 heteroatoms. The Morgan fingerprint density at radius 3 is 1.76 bits per heavy atom. The zero-order valence-corrected chi connectivity index (χ0v) is 34.9. The van der Waals surface area contributed by atoms with Crippen LogP contribution in [0.5, 0.6) is 0 Å². The third-order valence-electron chi connectivity index (χ3n) is 14.2. The van der Waals surface area contributed by atoms with E-state index in [0.29, 0.717) is 17.7 Å². The first-order chi connectivity index (χ1) is 30.5. The molecule has 0 saturated heterocycles. The van der Waals surface area contributed by atoms with E-state index < -0.39 is 0 Å². The summed E-state index contributed by atoms with van der Waals surface area (Å²) in [6.07, 6.45) is 6.18. The van der Waals surface area contributed by atoms with Crippen molar-refractivity contribution in [2.24, 2.45) is 17.8 Å². The van der Waals surface area contributed by atoms with Gasteiger partial charge in [0.25, 0.3) is 0 Å². The second-order valence-corrected chi connectivity index (χ2v) is 18.5. The first kappa shape index (κ1) is 35.7. The van der Waals surface area contributed by atoms with Crippen LogP contribution in [0.25, 0.3) is 99.7 Å². The van der Waals surface area contributed by atoms with Crippen LogP contribution in [-0.4, -0.2) is 24.1 Å². The largest absolute Gasteiger partial charge is 0.455 e. The molecule has 0 aliphatic heterocycles. The van der Waals surface area contributed by atoms with Gasteiger partial charge in [0.2, 0.25) is 0 Å². The summed E-state index contributed by atoms with van der Waals surface area (Å²) in [5.74, 6) is 4.59. The van der Waals surface area contributed by atoms with E-state index in [0.717, 1.165) is 102 Å². The van der Waals surface area contributed by atoms with E-state index in [1.807, 2.05) is 0 Å². The third-order valence-corrected chi connectivity index (χ3v) is 14.2. The second kappa shape index (κ2) is 13.5. The molecule has 2 fully saturated rings. The van der Waals surface area contributed by atoms with Crippen molar-refractivity contribution in [1.82, 2.24) is 24.1 Å². The number of nitrogens with zero attached hydrogens (tertiary/aromatic N) is 5. The molecule has 300 valence electrons. The Hall–Kier alpha value is -7.05. The minimum atomic E-state index is -0.115. The Balaban J connectivity index is 1.10. The summed E-state index contributed by atoms with van der Waals surface area (Å²) < 4.78 is 11.9.